The van der Waals surface area contributed by atoms with E-state index in [1.807, 2.05) is 12.2 Å². The quantitative estimate of drug-likeness (QED) is 0.286. The van der Waals surface area contributed by atoms with Gasteiger partial charge in [0.25, 0.3) is 0 Å². The van der Waals surface area contributed by atoms with Crippen molar-refractivity contribution >= 4 is 17.5 Å². The average Bonchev–Trinajstić information content (AvgIpc) is 2.90. The number of hydrogen-bond donors (Lipinski definition) is 1. The topological polar surface area (TPSA) is 80.7 Å². The highest BCUT2D eigenvalue weighted by Gasteiger charge is 2.41. The van der Waals surface area contributed by atoms with Gasteiger partial charge in [-0.1, -0.05) is 19.1 Å². The summed E-state index contributed by atoms with van der Waals surface area (Å²) >= 11 is 0. The van der Waals surface area contributed by atoms with Crippen molar-refractivity contribution < 1.29 is 33.0 Å². The van der Waals surface area contributed by atoms with Crippen LogP contribution >= 0.6 is 0 Å². The van der Waals surface area contributed by atoms with Crippen LogP contribution in [0.5, 0.6) is 0 Å². The second kappa shape index (κ2) is 12.0. The number of allylic oxidation sites excluding steroid dienone is 2. The van der Waals surface area contributed by atoms with E-state index < -0.39 is 24.2 Å². The summed E-state index contributed by atoms with van der Waals surface area (Å²) in [6.07, 6.45) is 5.38. The smallest absolute Gasteiger partial charge is 0.305 e. The van der Waals surface area contributed by atoms with Crippen LogP contribution in [-0.2, 0) is 19.1 Å². The first kappa shape index (κ1) is 24.4. The van der Waals surface area contributed by atoms with Crippen LogP contribution in [0.15, 0.2) is 12.2 Å². The fraction of sp³-hybridized carbons (Fsp3) is 0.762. The number of carbonyl (C=O) groups is 3. The number of unbranched alkanes of at least 4 members (excludes halogenated alkanes) is 1. The Labute approximate surface area is 165 Å². The van der Waals surface area contributed by atoms with Crippen LogP contribution in [0.3, 0.4) is 0 Å². The molecule has 1 aliphatic carbocycles. The van der Waals surface area contributed by atoms with E-state index in [1.165, 1.54) is 7.11 Å². The second-order valence-electron chi connectivity index (χ2n) is 7.45. The van der Waals surface area contributed by atoms with Gasteiger partial charge in [-0.2, -0.15) is 8.78 Å². The number of ether oxygens (including phenoxy) is 1. The number of aliphatic hydroxyl groups is 1. The van der Waals surface area contributed by atoms with E-state index in [0.717, 1.165) is 0 Å². The molecule has 3 atom stereocenters. The second-order valence-corrected chi connectivity index (χ2v) is 7.45. The van der Waals surface area contributed by atoms with Gasteiger partial charge in [0.05, 0.1) is 13.2 Å². The summed E-state index contributed by atoms with van der Waals surface area (Å²) in [5, 5.41) is 10.1. The molecule has 0 radical (unpaired) electrons. The molecule has 5 nitrogen and oxygen atoms in total. The van der Waals surface area contributed by atoms with Gasteiger partial charge < -0.3 is 9.84 Å². The van der Waals surface area contributed by atoms with Crippen molar-refractivity contribution in [1.82, 2.24) is 0 Å². The van der Waals surface area contributed by atoms with E-state index in [9.17, 15) is 28.3 Å². The summed E-state index contributed by atoms with van der Waals surface area (Å²) in [7, 11) is 1.34. The number of alkyl halides is 2. The number of carbonyl (C=O) groups excluding carboxylic acids is 3. The van der Waals surface area contributed by atoms with Gasteiger partial charge in [-0.05, 0) is 44.4 Å². The predicted molar refractivity (Wildman–Crippen MR) is 101 cm³/mol. The maximum absolute atomic E-state index is 13.6. The molecule has 160 valence electrons. The maximum Gasteiger partial charge on any atom is 0.305 e. The van der Waals surface area contributed by atoms with E-state index in [1.54, 1.807) is 6.92 Å². The van der Waals surface area contributed by atoms with E-state index in [0.29, 0.717) is 32.1 Å². The van der Waals surface area contributed by atoms with Crippen LogP contribution in [0.1, 0.15) is 71.1 Å². The molecule has 1 rings (SSSR count). The minimum Gasteiger partial charge on any atom is -0.469 e. The lowest BCUT2D eigenvalue weighted by atomic mass is 9.86. The van der Waals surface area contributed by atoms with E-state index in [-0.39, 0.29) is 49.3 Å². The summed E-state index contributed by atoms with van der Waals surface area (Å²) in [5.41, 5.74) is 0. The van der Waals surface area contributed by atoms with Crippen molar-refractivity contribution in [3.05, 3.63) is 12.2 Å². The van der Waals surface area contributed by atoms with E-state index in [2.05, 4.69) is 4.74 Å². The third kappa shape index (κ3) is 7.78. The number of halogens is 2. The first-order valence-electron chi connectivity index (χ1n) is 10.1. The molecular weight excluding hydrogens is 370 g/mol. The molecule has 0 spiro atoms. The van der Waals surface area contributed by atoms with Crippen molar-refractivity contribution in [1.29, 1.82) is 0 Å². The van der Waals surface area contributed by atoms with Crippen molar-refractivity contribution in [2.45, 2.75) is 83.2 Å². The third-order valence-corrected chi connectivity index (χ3v) is 5.28. The van der Waals surface area contributed by atoms with Crippen LogP contribution in [0.25, 0.3) is 0 Å². The number of ketones is 2. The molecule has 1 saturated carbocycles. The SMILES string of the molecule is CCCC(F)(F)C(=O)CCC[C@H]1[C@@H](O)CC(=O)[C@@H]1CC=CCCCC(=O)OC. The molecule has 0 unspecified atom stereocenters. The zero-order valence-corrected chi connectivity index (χ0v) is 16.8. The van der Waals surface area contributed by atoms with Crippen LogP contribution in [0.2, 0.25) is 0 Å². The largest absolute Gasteiger partial charge is 0.469 e. The molecule has 0 aromatic rings. The number of rotatable bonds is 13. The minimum atomic E-state index is -3.29. The number of aliphatic hydroxyl groups excluding tert-OH is 1. The Morgan fingerprint density at radius 2 is 1.96 bits per heavy atom. The van der Waals surface area contributed by atoms with Gasteiger partial charge in [-0.15, -0.1) is 0 Å². The molecule has 0 heterocycles. The highest BCUT2D eigenvalue weighted by Crippen LogP contribution is 2.36. The summed E-state index contributed by atoms with van der Waals surface area (Å²) in [6.45, 7) is 1.61. The summed E-state index contributed by atoms with van der Waals surface area (Å²) in [5.74, 6) is -5.29. The lowest BCUT2D eigenvalue weighted by Crippen LogP contribution is -2.28. The normalized spacial score (nSPS) is 22.8. The van der Waals surface area contributed by atoms with Gasteiger partial charge in [0.1, 0.15) is 5.78 Å². The molecule has 0 aromatic carbocycles. The Kier molecular flexibility index (Phi) is 10.5. The standard InChI is InChI=1S/C21H32F2O5/c1-3-13-21(22,23)19(26)11-8-10-16-15(17(24)14-18(16)25)9-6-4-5-7-12-20(27)28-2/h4,6,15-16,18,25H,3,5,7-14H2,1-2H3/t15-,16-,18+/m1/s1. The highest BCUT2D eigenvalue weighted by atomic mass is 19.3. The molecule has 0 aliphatic heterocycles. The lowest BCUT2D eigenvalue weighted by molar-refractivity contribution is -0.144. The molecule has 28 heavy (non-hydrogen) atoms. The zero-order chi connectivity index (χ0) is 21.2. The molecule has 1 fully saturated rings. The summed E-state index contributed by atoms with van der Waals surface area (Å²) < 4.78 is 31.7. The van der Waals surface area contributed by atoms with Crippen LogP contribution < -0.4 is 0 Å². The van der Waals surface area contributed by atoms with Crippen LogP contribution in [0.4, 0.5) is 8.78 Å². The first-order chi connectivity index (χ1) is 13.2. The minimum absolute atomic E-state index is 0.0284. The molecule has 0 amide bonds. The Morgan fingerprint density at radius 1 is 1.25 bits per heavy atom. The van der Waals surface area contributed by atoms with Gasteiger partial charge in [0.15, 0.2) is 0 Å². The molecule has 1 aliphatic rings. The Bertz CT molecular complexity index is 559. The van der Waals surface area contributed by atoms with E-state index >= 15 is 0 Å². The predicted octanol–water partition coefficient (Wildman–Crippen LogP) is 4.02. The number of Topliss-reactive ketones (excluding diaryl/α,β-unsaturated/α-hetero) is 2. The molecule has 0 aromatic heterocycles. The molecule has 0 bridgehead atoms. The maximum atomic E-state index is 13.6. The third-order valence-electron chi connectivity index (χ3n) is 5.28. The van der Waals surface area contributed by atoms with Crippen LogP contribution in [-0.4, -0.2) is 41.8 Å². The Morgan fingerprint density at radius 3 is 2.61 bits per heavy atom. The monoisotopic (exact) mass is 402 g/mol. The average molecular weight is 402 g/mol. The number of esters is 1. The van der Waals surface area contributed by atoms with Crippen molar-refractivity contribution in [3.8, 4) is 0 Å². The molecular formula is C21H32F2O5. The van der Waals surface area contributed by atoms with Gasteiger partial charge >= 0.3 is 11.9 Å². The lowest BCUT2D eigenvalue weighted by Gasteiger charge is -2.20. The fourth-order valence-corrected chi connectivity index (χ4v) is 3.68. The van der Waals surface area contributed by atoms with Gasteiger partial charge in [0, 0.05) is 31.6 Å². The van der Waals surface area contributed by atoms with Gasteiger partial charge in [-0.25, -0.2) is 0 Å². The highest BCUT2D eigenvalue weighted by molar-refractivity contribution is 5.85. The van der Waals surface area contributed by atoms with E-state index in [4.69, 9.17) is 0 Å². The van der Waals surface area contributed by atoms with Gasteiger partial charge in [-0.3, -0.25) is 14.4 Å². The molecule has 1 N–H and O–H groups in total. The Balaban J connectivity index is 2.45. The summed E-state index contributed by atoms with van der Waals surface area (Å²) in [6, 6.07) is 0. The van der Waals surface area contributed by atoms with Crippen molar-refractivity contribution in [2.24, 2.45) is 11.8 Å². The first-order valence-corrected chi connectivity index (χ1v) is 10.1. The fourth-order valence-electron chi connectivity index (χ4n) is 3.68. The summed E-state index contributed by atoms with van der Waals surface area (Å²) in [4.78, 5) is 34.8. The number of methoxy groups -OCH3 is 1. The molecule has 7 heteroatoms. The van der Waals surface area contributed by atoms with Crippen molar-refractivity contribution in [3.63, 3.8) is 0 Å². The molecule has 0 saturated heterocycles. The van der Waals surface area contributed by atoms with Gasteiger partial charge in [0.2, 0.25) is 5.78 Å². The Hall–Kier alpha value is -1.63. The van der Waals surface area contributed by atoms with Crippen molar-refractivity contribution in [2.75, 3.05) is 7.11 Å². The zero-order valence-electron chi connectivity index (χ0n) is 16.8. The van der Waals surface area contributed by atoms with Crippen LogP contribution in [0, 0.1) is 11.8 Å². The number of hydrogen-bond acceptors (Lipinski definition) is 5.